The van der Waals surface area contributed by atoms with Gasteiger partial charge in [-0.2, -0.15) is 0 Å². The third kappa shape index (κ3) is 3.40. The van der Waals surface area contributed by atoms with Crippen molar-refractivity contribution in [1.82, 2.24) is 15.2 Å². The number of nitrogens with zero attached hydrogens (tertiary/aromatic N) is 3. The molecule has 2 heterocycles. The molecule has 0 bridgehead atoms. The Morgan fingerprint density at radius 1 is 1.15 bits per heavy atom. The van der Waals surface area contributed by atoms with Gasteiger partial charge in [0.15, 0.2) is 5.82 Å². The second-order valence-electron chi connectivity index (χ2n) is 6.68. The highest BCUT2D eigenvalue weighted by Crippen LogP contribution is 2.36. The van der Waals surface area contributed by atoms with Crippen LogP contribution in [0.2, 0.25) is 5.02 Å². The average Bonchev–Trinajstić information content (AvgIpc) is 2.64. The summed E-state index contributed by atoms with van der Waals surface area (Å²) in [5.74, 6) is -0.359. The molecule has 1 aliphatic rings. The summed E-state index contributed by atoms with van der Waals surface area (Å²) in [7, 11) is 0. The molecule has 0 aliphatic heterocycles. The lowest BCUT2D eigenvalue weighted by atomic mass is 9.92. The van der Waals surface area contributed by atoms with E-state index < -0.39 is 11.9 Å². The minimum absolute atomic E-state index is 0.161. The van der Waals surface area contributed by atoms with Gasteiger partial charge in [-0.25, -0.2) is 9.37 Å². The van der Waals surface area contributed by atoms with Crippen LogP contribution in [0.15, 0.2) is 30.5 Å². The normalized spacial score (nSPS) is 20.0. The zero-order valence-electron chi connectivity index (χ0n) is 14.4. The summed E-state index contributed by atoms with van der Waals surface area (Å²) >= 11 is 5.84. The van der Waals surface area contributed by atoms with E-state index in [2.05, 4.69) is 20.5 Å². The predicted molar refractivity (Wildman–Crippen MR) is 101 cm³/mol. The fraction of sp³-hybridized carbons (Fsp3) is 0.316. The summed E-state index contributed by atoms with van der Waals surface area (Å²) in [5.41, 5.74) is 0.431. The summed E-state index contributed by atoms with van der Waals surface area (Å²) in [6, 6.07) is 5.74. The second kappa shape index (κ2) is 7.25. The van der Waals surface area contributed by atoms with Crippen LogP contribution in [0.4, 0.5) is 10.2 Å². The van der Waals surface area contributed by atoms with E-state index in [-0.39, 0.29) is 39.4 Å². The Morgan fingerprint density at radius 3 is 2.74 bits per heavy atom. The molecule has 0 radical (unpaired) electrons. The first-order chi connectivity index (χ1) is 13.0. The van der Waals surface area contributed by atoms with Crippen molar-refractivity contribution in [3.8, 4) is 17.1 Å². The number of aromatic hydroxyl groups is 1. The van der Waals surface area contributed by atoms with Gasteiger partial charge in [0.1, 0.15) is 23.0 Å². The topological polar surface area (TPSA) is 91.2 Å². The Kier molecular flexibility index (Phi) is 4.80. The van der Waals surface area contributed by atoms with E-state index in [1.165, 1.54) is 18.3 Å². The first-order valence-electron chi connectivity index (χ1n) is 8.79. The number of aliphatic hydroxyl groups is 1. The van der Waals surface area contributed by atoms with Crippen molar-refractivity contribution < 1.29 is 14.6 Å². The van der Waals surface area contributed by atoms with Crippen LogP contribution >= 0.6 is 11.6 Å². The number of fused-ring (bicyclic) bond motifs is 1. The number of hydrogen-bond acceptors (Lipinski definition) is 6. The highest BCUT2D eigenvalue weighted by Gasteiger charge is 2.25. The van der Waals surface area contributed by atoms with Crippen LogP contribution in [-0.4, -0.2) is 37.5 Å². The summed E-state index contributed by atoms with van der Waals surface area (Å²) in [5, 5.41) is 32.8. The van der Waals surface area contributed by atoms with Crippen LogP contribution in [0.5, 0.6) is 5.75 Å². The lowest BCUT2D eigenvalue weighted by Gasteiger charge is -2.29. The summed E-state index contributed by atoms with van der Waals surface area (Å²) in [6.45, 7) is 0. The van der Waals surface area contributed by atoms with E-state index in [0.29, 0.717) is 11.8 Å². The van der Waals surface area contributed by atoms with Gasteiger partial charge in [-0.3, -0.25) is 0 Å². The molecule has 3 aromatic rings. The van der Waals surface area contributed by atoms with Crippen molar-refractivity contribution in [2.45, 2.75) is 37.8 Å². The number of aliphatic hydroxyl groups excluding tert-OH is 1. The number of halogens is 2. The Bertz CT molecular complexity index is 1000. The van der Waals surface area contributed by atoms with E-state index in [4.69, 9.17) is 11.6 Å². The molecule has 8 heteroatoms. The maximum atomic E-state index is 14.7. The molecule has 1 aliphatic carbocycles. The van der Waals surface area contributed by atoms with Crippen molar-refractivity contribution in [3.05, 3.63) is 41.3 Å². The molecule has 27 heavy (non-hydrogen) atoms. The van der Waals surface area contributed by atoms with E-state index in [0.717, 1.165) is 19.3 Å². The molecule has 0 spiro atoms. The van der Waals surface area contributed by atoms with E-state index >= 15 is 0 Å². The standard InChI is InChI=1S/C19H18ClFN4O2/c20-10-8-15(27)18(22-9-10)17-11-4-3-5-12(21)16(11)19(25-24-17)23-13-6-1-2-7-14(13)26/h3-5,8-9,13-14,26-27H,1-2,6-7H2,(H,23,25). The number of aromatic nitrogens is 3. The largest absolute Gasteiger partial charge is 0.506 e. The number of nitrogens with one attached hydrogen (secondary N) is 1. The van der Waals surface area contributed by atoms with Crippen molar-refractivity contribution in [1.29, 1.82) is 0 Å². The zero-order valence-corrected chi connectivity index (χ0v) is 15.1. The van der Waals surface area contributed by atoms with Gasteiger partial charge in [-0.05, 0) is 18.9 Å². The summed E-state index contributed by atoms with van der Waals surface area (Å²) in [4.78, 5) is 4.12. The molecule has 4 rings (SSSR count). The first kappa shape index (κ1) is 17.9. The van der Waals surface area contributed by atoms with Crippen molar-refractivity contribution in [2.75, 3.05) is 5.32 Å². The van der Waals surface area contributed by atoms with Gasteiger partial charge in [0.2, 0.25) is 0 Å². The number of benzene rings is 1. The Morgan fingerprint density at radius 2 is 1.96 bits per heavy atom. The Labute approximate surface area is 160 Å². The molecule has 1 saturated carbocycles. The number of hydrogen-bond donors (Lipinski definition) is 3. The molecule has 140 valence electrons. The molecule has 3 N–H and O–H groups in total. The molecule has 0 saturated heterocycles. The maximum Gasteiger partial charge on any atom is 0.159 e. The van der Waals surface area contributed by atoms with E-state index in [9.17, 15) is 14.6 Å². The third-order valence-corrected chi connectivity index (χ3v) is 5.07. The minimum Gasteiger partial charge on any atom is -0.506 e. The van der Waals surface area contributed by atoms with Crippen LogP contribution in [0.3, 0.4) is 0 Å². The quantitative estimate of drug-likeness (QED) is 0.630. The molecule has 0 amide bonds. The summed E-state index contributed by atoms with van der Waals surface area (Å²) in [6.07, 6.45) is 4.31. The smallest absolute Gasteiger partial charge is 0.159 e. The molecular formula is C19H18ClFN4O2. The van der Waals surface area contributed by atoms with Crippen LogP contribution in [0, 0.1) is 5.82 Å². The SMILES string of the molecule is Oc1cc(Cl)cnc1-c1nnc(NC2CCCCC2O)c2c(F)cccc12. The van der Waals surface area contributed by atoms with Crippen molar-refractivity contribution in [3.63, 3.8) is 0 Å². The molecule has 6 nitrogen and oxygen atoms in total. The van der Waals surface area contributed by atoms with Crippen LogP contribution < -0.4 is 5.32 Å². The summed E-state index contributed by atoms with van der Waals surface area (Å²) < 4.78 is 14.7. The fourth-order valence-corrected chi connectivity index (χ4v) is 3.66. The van der Waals surface area contributed by atoms with Gasteiger partial charge in [0.25, 0.3) is 0 Å². The lowest BCUT2D eigenvalue weighted by molar-refractivity contribution is 0.116. The van der Waals surface area contributed by atoms with Crippen molar-refractivity contribution >= 4 is 28.2 Å². The molecule has 2 unspecified atom stereocenters. The van der Waals surface area contributed by atoms with Gasteiger partial charge in [0.05, 0.1) is 22.6 Å². The number of rotatable bonds is 3. The van der Waals surface area contributed by atoms with E-state index in [1.807, 2.05) is 0 Å². The molecule has 2 aromatic heterocycles. The second-order valence-corrected chi connectivity index (χ2v) is 7.12. The van der Waals surface area contributed by atoms with Crippen molar-refractivity contribution in [2.24, 2.45) is 0 Å². The Balaban J connectivity index is 1.84. The first-order valence-corrected chi connectivity index (χ1v) is 9.17. The van der Waals surface area contributed by atoms with Gasteiger partial charge >= 0.3 is 0 Å². The highest BCUT2D eigenvalue weighted by molar-refractivity contribution is 6.30. The number of pyridine rings is 1. The van der Waals surface area contributed by atoms with E-state index in [1.54, 1.807) is 12.1 Å². The van der Waals surface area contributed by atoms with Gasteiger partial charge in [-0.15, -0.1) is 10.2 Å². The fourth-order valence-electron chi connectivity index (χ4n) is 3.51. The predicted octanol–water partition coefficient (Wildman–Crippen LogP) is 3.91. The van der Waals surface area contributed by atoms with Gasteiger partial charge in [-0.1, -0.05) is 36.6 Å². The molecule has 2 atom stereocenters. The average molecular weight is 389 g/mol. The highest BCUT2D eigenvalue weighted by atomic mass is 35.5. The monoisotopic (exact) mass is 388 g/mol. The minimum atomic E-state index is -0.510. The van der Waals surface area contributed by atoms with Crippen LogP contribution in [-0.2, 0) is 0 Å². The molecule has 1 aromatic carbocycles. The molecule has 1 fully saturated rings. The maximum absolute atomic E-state index is 14.7. The molecular weight excluding hydrogens is 371 g/mol. The van der Waals surface area contributed by atoms with Crippen LogP contribution in [0.25, 0.3) is 22.2 Å². The lowest BCUT2D eigenvalue weighted by Crippen LogP contribution is -2.36. The third-order valence-electron chi connectivity index (χ3n) is 4.87. The van der Waals surface area contributed by atoms with Gasteiger partial charge < -0.3 is 15.5 Å². The van der Waals surface area contributed by atoms with Gasteiger partial charge in [0, 0.05) is 17.6 Å². The zero-order chi connectivity index (χ0) is 19.0. The van der Waals surface area contributed by atoms with Crippen LogP contribution in [0.1, 0.15) is 25.7 Å². The number of anilines is 1. The Hall–Kier alpha value is -2.51.